The molecular formula is C15H22ClN3O2. The van der Waals surface area contributed by atoms with Crippen molar-refractivity contribution in [3.63, 3.8) is 0 Å². The summed E-state index contributed by atoms with van der Waals surface area (Å²) in [6.45, 7) is 2.81. The molecule has 116 valence electrons. The molecule has 1 aromatic carbocycles. The number of amides is 2. The molecule has 21 heavy (non-hydrogen) atoms. The molecule has 5 nitrogen and oxygen atoms in total. The van der Waals surface area contributed by atoms with Crippen molar-refractivity contribution >= 4 is 17.6 Å². The predicted molar refractivity (Wildman–Crippen MR) is 83.4 cm³/mol. The van der Waals surface area contributed by atoms with Crippen LogP contribution >= 0.6 is 11.6 Å². The second-order valence-electron chi connectivity index (χ2n) is 5.58. The number of nitrogens with one attached hydrogen (secondary N) is 2. The van der Waals surface area contributed by atoms with E-state index in [4.69, 9.17) is 11.6 Å². The van der Waals surface area contributed by atoms with E-state index in [0.717, 1.165) is 18.5 Å². The molecule has 2 amide bonds. The number of likely N-dealkylation sites (tertiary alicyclic amines) is 1. The standard InChI is InChI=1S/C15H22ClN3O2/c1-10(20)9-17-15(21)18-13-7-8-19(2)14(13)11-3-5-12(16)6-4-11/h3-6,10,13-14,20H,7-9H2,1-2H3,(H2,17,18,21)/t10-,13+,14+/m1/s1. The lowest BCUT2D eigenvalue weighted by atomic mass is 10.0. The van der Waals surface area contributed by atoms with Crippen LogP contribution in [0.2, 0.25) is 5.02 Å². The quantitative estimate of drug-likeness (QED) is 0.794. The van der Waals surface area contributed by atoms with Crippen LogP contribution in [0, 0.1) is 0 Å². The minimum atomic E-state index is -0.547. The lowest BCUT2D eigenvalue weighted by Gasteiger charge is -2.26. The minimum Gasteiger partial charge on any atom is -0.392 e. The highest BCUT2D eigenvalue weighted by molar-refractivity contribution is 6.30. The van der Waals surface area contributed by atoms with Gasteiger partial charge in [-0.1, -0.05) is 23.7 Å². The third-order valence-electron chi connectivity index (χ3n) is 3.73. The van der Waals surface area contributed by atoms with E-state index in [1.165, 1.54) is 0 Å². The summed E-state index contributed by atoms with van der Waals surface area (Å²) in [7, 11) is 2.05. The Morgan fingerprint density at radius 2 is 2.14 bits per heavy atom. The summed E-state index contributed by atoms with van der Waals surface area (Å²) in [4.78, 5) is 14.1. The molecule has 1 aromatic rings. The maximum Gasteiger partial charge on any atom is 0.315 e. The van der Waals surface area contributed by atoms with Crippen LogP contribution in [-0.2, 0) is 0 Å². The van der Waals surface area contributed by atoms with Crippen LogP contribution in [0.15, 0.2) is 24.3 Å². The Morgan fingerprint density at radius 1 is 1.48 bits per heavy atom. The van der Waals surface area contributed by atoms with Gasteiger partial charge in [0.2, 0.25) is 0 Å². The number of aliphatic hydroxyl groups is 1. The Kier molecular flexibility index (Phi) is 5.45. The van der Waals surface area contributed by atoms with Crippen molar-refractivity contribution in [1.29, 1.82) is 0 Å². The van der Waals surface area contributed by atoms with E-state index in [1.54, 1.807) is 6.92 Å². The van der Waals surface area contributed by atoms with Crippen LogP contribution < -0.4 is 10.6 Å². The zero-order valence-corrected chi connectivity index (χ0v) is 13.1. The lowest BCUT2D eigenvalue weighted by Crippen LogP contribution is -2.46. The van der Waals surface area contributed by atoms with Gasteiger partial charge in [0, 0.05) is 18.1 Å². The summed E-state index contributed by atoms with van der Waals surface area (Å²) in [5, 5.41) is 15.6. The number of nitrogens with zero attached hydrogens (tertiary/aromatic N) is 1. The fourth-order valence-corrected chi connectivity index (χ4v) is 2.83. The number of benzene rings is 1. The monoisotopic (exact) mass is 311 g/mol. The normalized spacial score (nSPS) is 23.8. The van der Waals surface area contributed by atoms with Crippen LogP contribution in [0.25, 0.3) is 0 Å². The fraction of sp³-hybridized carbons (Fsp3) is 0.533. The molecule has 0 aromatic heterocycles. The smallest absolute Gasteiger partial charge is 0.315 e. The Labute approximate surface area is 130 Å². The van der Waals surface area contributed by atoms with Crippen LogP contribution in [0.4, 0.5) is 4.79 Å². The number of aliphatic hydroxyl groups excluding tert-OH is 1. The van der Waals surface area contributed by atoms with Gasteiger partial charge in [-0.05, 0) is 38.1 Å². The third-order valence-corrected chi connectivity index (χ3v) is 3.99. The topological polar surface area (TPSA) is 64.6 Å². The molecule has 1 heterocycles. The second kappa shape index (κ2) is 7.11. The average Bonchev–Trinajstić information content (AvgIpc) is 2.79. The first-order valence-electron chi connectivity index (χ1n) is 7.15. The van der Waals surface area contributed by atoms with Gasteiger partial charge < -0.3 is 15.7 Å². The number of likely N-dealkylation sites (N-methyl/N-ethyl adjacent to an activating group) is 1. The number of rotatable bonds is 4. The van der Waals surface area contributed by atoms with Gasteiger partial charge in [0.25, 0.3) is 0 Å². The molecule has 3 atom stereocenters. The Morgan fingerprint density at radius 3 is 2.76 bits per heavy atom. The number of carbonyl (C=O) groups excluding carboxylic acids is 1. The molecule has 0 bridgehead atoms. The van der Waals surface area contributed by atoms with Gasteiger partial charge in [-0.2, -0.15) is 0 Å². The molecule has 1 fully saturated rings. The molecule has 2 rings (SSSR count). The van der Waals surface area contributed by atoms with Crippen molar-refractivity contribution in [3.05, 3.63) is 34.9 Å². The number of hydrogen-bond acceptors (Lipinski definition) is 3. The molecular weight excluding hydrogens is 290 g/mol. The van der Waals surface area contributed by atoms with Crippen molar-refractivity contribution in [1.82, 2.24) is 15.5 Å². The fourth-order valence-electron chi connectivity index (χ4n) is 2.70. The van der Waals surface area contributed by atoms with Crippen LogP contribution in [-0.4, -0.2) is 48.3 Å². The lowest BCUT2D eigenvalue weighted by molar-refractivity contribution is 0.185. The molecule has 0 unspecified atom stereocenters. The molecule has 3 N–H and O–H groups in total. The predicted octanol–water partition coefficient (Wildman–Crippen LogP) is 1.77. The van der Waals surface area contributed by atoms with Crippen molar-refractivity contribution in [2.45, 2.75) is 31.5 Å². The average molecular weight is 312 g/mol. The SMILES string of the molecule is C[C@@H](O)CNC(=O)N[C@H]1CCN(C)[C@H]1c1ccc(Cl)cc1. The van der Waals surface area contributed by atoms with E-state index in [1.807, 2.05) is 24.3 Å². The van der Waals surface area contributed by atoms with E-state index in [-0.39, 0.29) is 24.7 Å². The summed E-state index contributed by atoms with van der Waals surface area (Å²) < 4.78 is 0. The van der Waals surface area contributed by atoms with Gasteiger partial charge in [0.1, 0.15) is 0 Å². The molecule has 0 radical (unpaired) electrons. The van der Waals surface area contributed by atoms with Gasteiger partial charge in [-0.3, -0.25) is 4.90 Å². The maximum absolute atomic E-state index is 11.9. The molecule has 1 aliphatic heterocycles. The highest BCUT2D eigenvalue weighted by Gasteiger charge is 2.33. The van der Waals surface area contributed by atoms with Crippen LogP contribution in [0.1, 0.15) is 24.9 Å². The van der Waals surface area contributed by atoms with Crippen molar-refractivity contribution in [2.75, 3.05) is 20.1 Å². The number of hydrogen-bond donors (Lipinski definition) is 3. The van der Waals surface area contributed by atoms with E-state index >= 15 is 0 Å². The Hall–Kier alpha value is -1.30. The zero-order valence-electron chi connectivity index (χ0n) is 12.3. The molecule has 0 spiro atoms. The third kappa shape index (κ3) is 4.33. The maximum atomic E-state index is 11.9. The molecule has 1 aliphatic rings. The first-order chi connectivity index (χ1) is 9.97. The zero-order chi connectivity index (χ0) is 15.4. The minimum absolute atomic E-state index is 0.0465. The molecule has 1 saturated heterocycles. The van der Waals surface area contributed by atoms with Crippen molar-refractivity contribution in [3.8, 4) is 0 Å². The molecule has 6 heteroatoms. The summed E-state index contributed by atoms with van der Waals surface area (Å²) in [6, 6.07) is 7.68. The van der Waals surface area contributed by atoms with Crippen LogP contribution in [0.5, 0.6) is 0 Å². The molecule has 0 aliphatic carbocycles. The highest BCUT2D eigenvalue weighted by Crippen LogP contribution is 2.31. The Bertz CT molecular complexity index is 478. The highest BCUT2D eigenvalue weighted by atomic mass is 35.5. The van der Waals surface area contributed by atoms with E-state index in [0.29, 0.717) is 5.02 Å². The van der Waals surface area contributed by atoms with Gasteiger partial charge in [0.15, 0.2) is 0 Å². The van der Waals surface area contributed by atoms with Gasteiger partial charge in [-0.25, -0.2) is 4.79 Å². The van der Waals surface area contributed by atoms with Crippen LogP contribution in [0.3, 0.4) is 0 Å². The largest absolute Gasteiger partial charge is 0.392 e. The Balaban J connectivity index is 2.01. The van der Waals surface area contributed by atoms with Gasteiger partial charge >= 0.3 is 6.03 Å². The van der Waals surface area contributed by atoms with E-state index < -0.39 is 6.10 Å². The molecule has 0 saturated carbocycles. The summed E-state index contributed by atoms with van der Waals surface area (Å²) in [6.07, 6.45) is 0.348. The van der Waals surface area contributed by atoms with E-state index in [9.17, 15) is 9.90 Å². The first kappa shape index (κ1) is 16.1. The summed E-state index contributed by atoms with van der Waals surface area (Å²) in [5.41, 5.74) is 1.14. The number of halogens is 1. The van der Waals surface area contributed by atoms with Gasteiger partial charge in [0.05, 0.1) is 18.2 Å². The first-order valence-corrected chi connectivity index (χ1v) is 7.53. The summed E-state index contributed by atoms with van der Waals surface area (Å²) >= 11 is 5.93. The van der Waals surface area contributed by atoms with Gasteiger partial charge in [-0.15, -0.1) is 0 Å². The number of urea groups is 1. The number of carbonyl (C=O) groups is 1. The van der Waals surface area contributed by atoms with E-state index in [2.05, 4.69) is 22.6 Å². The summed E-state index contributed by atoms with van der Waals surface area (Å²) in [5.74, 6) is 0. The van der Waals surface area contributed by atoms with Crippen molar-refractivity contribution in [2.24, 2.45) is 0 Å². The second-order valence-corrected chi connectivity index (χ2v) is 6.01. The van der Waals surface area contributed by atoms with Crippen molar-refractivity contribution < 1.29 is 9.90 Å².